The SMILES string of the molecule is C[CH-]C.[CH2-]CNC(=O)[C-](C)C.[K+]. The van der Waals surface area contributed by atoms with Gasteiger partial charge in [0, 0.05) is 0 Å². The molecule has 2 nitrogen and oxygen atoms in total. The van der Waals surface area contributed by atoms with Crippen LogP contribution in [0.15, 0.2) is 0 Å². The van der Waals surface area contributed by atoms with E-state index in [1.54, 1.807) is 13.8 Å². The van der Waals surface area contributed by atoms with Crippen molar-refractivity contribution < 1.29 is 56.2 Å². The summed E-state index contributed by atoms with van der Waals surface area (Å²) in [5.74, 6) is 0.758. The minimum atomic E-state index is -0.0139. The molecule has 0 aliphatic rings. The van der Waals surface area contributed by atoms with Crippen molar-refractivity contribution in [2.24, 2.45) is 0 Å². The van der Waals surface area contributed by atoms with Crippen LogP contribution in [0.5, 0.6) is 0 Å². The molecule has 12 heavy (non-hydrogen) atoms. The van der Waals surface area contributed by atoms with Gasteiger partial charge in [-0.3, -0.25) is 5.92 Å². The Kier molecular flexibility index (Phi) is 22.6. The Balaban J connectivity index is -0.000000177. The maximum atomic E-state index is 10.6. The third-order valence-corrected chi connectivity index (χ3v) is 0.740. The van der Waals surface area contributed by atoms with Gasteiger partial charge in [0.15, 0.2) is 0 Å². The minimum absolute atomic E-state index is 0. The fourth-order valence-corrected chi connectivity index (χ4v) is 0.290. The molecule has 0 aliphatic heterocycles. The Morgan fingerprint density at radius 1 is 1.50 bits per heavy atom. The standard InChI is InChI=1S/C6H11NO.C3H7.K/c1-4-7-6(8)5(2)3;1-3-2;/h1,4H2,2-3H3,(H,7,8);3H,1-2H3;/q-2;-1;+1. The van der Waals surface area contributed by atoms with Gasteiger partial charge in [0.25, 0.3) is 0 Å². The summed E-state index contributed by atoms with van der Waals surface area (Å²) in [6.45, 7) is 11.5. The molecule has 68 valence electrons. The summed E-state index contributed by atoms with van der Waals surface area (Å²) in [4.78, 5) is 10.6. The first kappa shape index (κ1) is 18.7. The maximum Gasteiger partial charge on any atom is 1.00 e. The molecule has 0 bridgehead atoms. The molecule has 0 aromatic rings. The Hall–Kier alpha value is 0.976. The smallest absolute Gasteiger partial charge is 0.411 e. The summed E-state index contributed by atoms with van der Waals surface area (Å²) in [6.07, 6.45) is 2.00. The second kappa shape index (κ2) is 14.5. The van der Waals surface area contributed by atoms with Crippen LogP contribution in [0.25, 0.3) is 0 Å². The molecule has 0 unspecified atom stereocenters. The Labute approximate surface area is 119 Å². The van der Waals surface area contributed by atoms with Gasteiger partial charge in [-0.25, -0.2) is 0 Å². The molecule has 1 N–H and O–H groups in total. The van der Waals surface area contributed by atoms with Crippen LogP contribution in [-0.2, 0) is 4.79 Å². The average molecular weight is 195 g/mol. The van der Waals surface area contributed by atoms with Crippen molar-refractivity contribution in [2.75, 3.05) is 6.54 Å². The molecule has 3 heteroatoms. The molecule has 0 rings (SSSR count). The van der Waals surface area contributed by atoms with E-state index in [0.717, 1.165) is 5.92 Å². The van der Waals surface area contributed by atoms with E-state index < -0.39 is 0 Å². The molecule has 0 atom stereocenters. The minimum Gasteiger partial charge on any atom is -0.411 e. The average Bonchev–Trinajstić information content (AvgIpc) is 1.90. The Morgan fingerprint density at radius 3 is 1.92 bits per heavy atom. The van der Waals surface area contributed by atoms with E-state index in [4.69, 9.17) is 0 Å². The molecule has 0 saturated carbocycles. The number of amides is 1. The van der Waals surface area contributed by atoms with Crippen molar-refractivity contribution in [3.05, 3.63) is 19.3 Å². The molecule has 1 amide bonds. The molecule has 0 aromatic heterocycles. The first-order valence-corrected chi connectivity index (χ1v) is 3.71. The third-order valence-electron chi connectivity index (χ3n) is 0.740. The summed E-state index contributed by atoms with van der Waals surface area (Å²) < 4.78 is 0. The Morgan fingerprint density at radius 2 is 1.83 bits per heavy atom. The molecular formula is C9H18KNO-2. The van der Waals surface area contributed by atoms with E-state index in [2.05, 4.69) is 12.2 Å². The van der Waals surface area contributed by atoms with Crippen LogP contribution >= 0.6 is 0 Å². The monoisotopic (exact) mass is 195 g/mol. The molecule has 0 saturated heterocycles. The van der Waals surface area contributed by atoms with Crippen LogP contribution in [0.4, 0.5) is 0 Å². The first-order valence-electron chi connectivity index (χ1n) is 3.71. The van der Waals surface area contributed by atoms with Crippen LogP contribution in [0, 0.1) is 19.3 Å². The fourth-order valence-electron chi connectivity index (χ4n) is 0.290. The first-order chi connectivity index (χ1) is 5.09. The summed E-state index contributed by atoms with van der Waals surface area (Å²) in [6, 6.07) is 0. The number of hydrogen-bond donors (Lipinski definition) is 1. The van der Waals surface area contributed by atoms with Gasteiger partial charge in [0.2, 0.25) is 0 Å². The zero-order valence-corrected chi connectivity index (χ0v) is 12.0. The van der Waals surface area contributed by atoms with Crippen molar-refractivity contribution in [3.63, 3.8) is 0 Å². The van der Waals surface area contributed by atoms with Crippen LogP contribution < -0.4 is 56.7 Å². The fraction of sp³-hybridized carbons (Fsp3) is 0.556. The van der Waals surface area contributed by atoms with Crippen molar-refractivity contribution in [3.8, 4) is 0 Å². The van der Waals surface area contributed by atoms with E-state index in [1.165, 1.54) is 0 Å². The molecule has 0 aromatic carbocycles. The van der Waals surface area contributed by atoms with Gasteiger partial charge in [-0.2, -0.15) is 27.7 Å². The zero-order chi connectivity index (χ0) is 9.28. The predicted octanol–water partition coefficient (Wildman–Crippen LogP) is -1.21. The zero-order valence-electron chi connectivity index (χ0n) is 8.90. The number of carbonyl (C=O) groups is 1. The van der Waals surface area contributed by atoms with E-state index in [-0.39, 0.29) is 57.3 Å². The van der Waals surface area contributed by atoms with E-state index >= 15 is 0 Å². The normalized spacial score (nSPS) is 7.08. The van der Waals surface area contributed by atoms with Gasteiger partial charge in [-0.05, 0) is 0 Å². The largest absolute Gasteiger partial charge is 1.00 e. The third kappa shape index (κ3) is 17.2. The van der Waals surface area contributed by atoms with Crippen molar-refractivity contribution >= 4 is 5.91 Å². The molecule has 0 fully saturated rings. The summed E-state index contributed by atoms with van der Waals surface area (Å²) >= 11 is 0. The molecule has 0 heterocycles. The van der Waals surface area contributed by atoms with E-state index in [0.29, 0.717) is 6.54 Å². The maximum absolute atomic E-state index is 10.6. The number of hydrogen-bond acceptors (Lipinski definition) is 1. The van der Waals surface area contributed by atoms with Gasteiger partial charge >= 0.3 is 51.4 Å². The van der Waals surface area contributed by atoms with E-state index in [9.17, 15) is 4.79 Å². The second-order valence-corrected chi connectivity index (χ2v) is 2.33. The van der Waals surface area contributed by atoms with Crippen molar-refractivity contribution in [1.29, 1.82) is 0 Å². The van der Waals surface area contributed by atoms with Gasteiger partial charge in [-0.15, -0.1) is 6.54 Å². The second-order valence-electron chi connectivity index (χ2n) is 2.33. The van der Waals surface area contributed by atoms with Gasteiger partial charge in [0.1, 0.15) is 0 Å². The topological polar surface area (TPSA) is 29.1 Å². The quantitative estimate of drug-likeness (QED) is 0.435. The summed E-state index contributed by atoms with van der Waals surface area (Å²) in [7, 11) is 0. The van der Waals surface area contributed by atoms with Gasteiger partial charge in [-0.1, -0.05) is 0 Å². The van der Waals surface area contributed by atoms with Crippen LogP contribution in [0.2, 0.25) is 0 Å². The van der Waals surface area contributed by atoms with Crippen LogP contribution in [0.3, 0.4) is 0 Å². The number of rotatable bonds is 2. The number of nitrogens with one attached hydrogen (secondary N) is 1. The van der Waals surface area contributed by atoms with Gasteiger partial charge < -0.3 is 23.5 Å². The predicted molar refractivity (Wildman–Crippen MR) is 48.6 cm³/mol. The summed E-state index contributed by atoms with van der Waals surface area (Å²) in [5, 5.41) is 2.56. The van der Waals surface area contributed by atoms with Crippen LogP contribution in [0.1, 0.15) is 27.7 Å². The molecule has 0 spiro atoms. The van der Waals surface area contributed by atoms with Crippen molar-refractivity contribution in [2.45, 2.75) is 27.7 Å². The number of carbonyl (C=O) groups excluding carboxylic acids is 1. The van der Waals surface area contributed by atoms with Crippen molar-refractivity contribution in [1.82, 2.24) is 5.32 Å². The molecular weight excluding hydrogens is 177 g/mol. The summed E-state index contributed by atoms with van der Waals surface area (Å²) in [5.41, 5.74) is 0. The Bertz CT molecular complexity index is 94.5. The van der Waals surface area contributed by atoms with E-state index in [1.807, 2.05) is 20.3 Å². The van der Waals surface area contributed by atoms with Crippen LogP contribution in [-0.4, -0.2) is 12.5 Å². The van der Waals surface area contributed by atoms with Gasteiger partial charge in [0.05, 0.1) is 5.91 Å². The molecule has 0 aliphatic carbocycles. The molecule has 0 radical (unpaired) electrons.